The van der Waals surface area contributed by atoms with Gasteiger partial charge in [-0.05, 0) is 55.0 Å². The number of halogens is 1. The van der Waals surface area contributed by atoms with Crippen molar-refractivity contribution in [2.45, 2.75) is 6.92 Å². The third-order valence-electron chi connectivity index (χ3n) is 4.73. The number of piperazine rings is 1. The number of nitrogens with one attached hydrogen (secondary N) is 1. The molecule has 0 atom stereocenters. The molecule has 1 aliphatic rings. The predicted octanol–water partition coefficient (Wildman–Crippen LogP) is 3.74. The van der Waals surface area contributed by atoms with Crippen LogP contribution in [0.4, 0.5) is 11.4 Å². The summed E-state index contributed by atoms with van der Waals surface area (Å²) in [7, 11) is 0. The maximum absolute atomic E-state index is 12.7. The van der Waals surface area contributed by atoms with E-state index in [1.54, 1.807) is 24.3 Å². The molecule has 0 saturated carbocycles. The molecule has 0 radical (unpaired) electrons. The lowest BCUT2D eigenvalue weighted by atomic mass is 10.1. The highest BCUT2D eigenvalue weighted by atomic mass is 35.5. The zero-order valence-electron chi connectivity index (χ0n) is 15.2. The summed E-state index contributed by atoms with van der Waals surface area (Å²) in [5.41, 5.74) is 3.43. The van der Waals surface area contributed by atoms with E-state index in [2.05, 4.69) is 22.9 Å². The van der Waals surface area contributed by atoms with Crippen molar-refractivity contribution >= 4 is 34.8 Å². The molecule has 0 spiro atoms. The maximum atomic E-state index is 12.7. The normalized spacial score (nSPS) is 14.0. The van der Waals surface area contributed by atoms with Gasteiger partial charge < -0.3 is 15.1 Å². The van der Waals surface area contributed by atoms with Gasteiger partial charge >= 0.3 is 0 Å². The fraction of sp³-hybridized carbons (Fsp3) is 0.238. The molecule has 1 N–H and O–H groups in total. The Labute approximate surface area is 164 Å². The van der Waals surface area contributed by atoms with E-state index in [-0.39, 0.29) is 11.8 Å². The van der Waals surface area contributed by atoms with Crippen molar-refractivity contribution in [3.63, 3.8) is 0 Å². The Bertz CT molecular complexity index is 856. The molecule has 0 unspecified atom stereocenters. The van der Waals surface area contributed by atoms with Crippen LogP contribution in [-0.2, 0) is 4.79 Å². The number of rotatable bonds is 4. The van der Waals surface area contributed by atoms with Crippen LogP contribution in [0.25, 0.3) is 0 Å². The molecule has 2 amide bonds. The van der Waals surface area contributed by atoms with Crippen LogP contribution in [0.3, 0.4) is 0 Å². The molecule has 0 bridgehead atoms. The van der Waals surface area contributed by atoms with Gasteiger partial charge in [0.15, 0.2) is 0 Å². The number of hydrogen-bond donors (Lipinski definition) is 1. The monoisotopic (exact) mass is 383 g/mol. The van der Waals surface area contributed by atoms with E-state index in [0.717, 1.165) is 29.4 Å². The zero-order chi connectivity index (χ0) is 19.4. The minimum Gasteiger partial charge on any atom is -0.368 e. The van der Waals surface area contributed by atoms with E-state index < -0.39 is 0 Å². The van der Waals surface area contributed by atoms with Gasteiger partial charge in [-0.3, -0.25) is 9.59 Å². The van der Waals surface area contributed by atoms with E-state index in [1.165, 1.54) is 6.08 Å². The Morgan fingerprint density at radius 3 is 2.37 bits per heavy atom. The number of anilines is 2. The van der Waals surface area contributed by atoms with E-state index in [0.29, 0.717) is 24.3 Å². The van der Waals surface area contributed by atoms with Gasteiger partial charge in [-0.2, -0.15) is 0 Å². The quantitative estimate of drug-likeness (QED) is 0.818. The van der Waals surface area contributed by atoms with Gasteiger partial charge in [0.1, 0.15) is 0 Å². The number of carbonyl (C=O) groups excluding carboxylic acids is 2. The van der Waals surface area contributed by atoms with Crippen LogP contribution in [0.5, 0.6) is 0 Å². The molecule has 0 aromatic heterocycles. The topological polar surface area (TPSA) is 52.7 Å². The molecule has 2 aromatic rings. The van der Waals surface area contributed by atoms with Crippen molar-refractivity contribution in [3.05, 3.63) is 71.3 Å². The minimum atomic E-state index is -0.276. The highest BCUT2D eigenvalue weighted by Gasteiger charge is 2.23. The number of benzene rings is 2. The number of amides is 2. The van der Waals surface area contributed by atoms with Crippen LogP contribution < -0.4 is 10.2 Å². The van der Waals surface area contributed by atoms with Gasteiger partial charge in [-0.25, -0.2) is 0 Å². The summed E-state index contributed by atoms with van der Waals surface area (Å²) >= 11 is 6.22. The summed E-state index contributed by atoms with van der Waals surface area (Å²) < 4.78 is 0. The van der Waals surface area contributed by atoms with Gasteiger partial charge in [0.05, 0.1) is 0 Å². The van der Waals surface area contributed by atoms with Gasteiger partial charge in [0.2, 0.25) is 5.91 Å². The molecular weight excluding hydrogens is 362 g/mol. The van der Waals surface area contributed by atoms with Crippen molar-refractivity contribution in [2.75, 3.05) is 36.4 Å². The molecule has 1 fully saturated rings. The lowest BCUT2D eigenvalue weighted by molar-refractivity contribution is -0.111. The Morgan fingerprint density at radius 1 is 1.07 bits per heavy atom. The highest BCUT2D eigenvalue weighted by Crippen LogP contribution is 2.27. The smallest absolute Gasteiger partial charge is 0.253 e. The SMILES string of the molecule is C=CC(=O)Nc1ccc(C(=O)N2CCN(c3cccc(Cl)c3C)CC2)cc1. The average Bonchev–Trinajstić information content (AvgIpc) is 2.70. The highest BCUT2D eigenvalue weighted by molar-refractivity contribution is 6.31. The summed E-state index contributed by atoms with van der Waals surface area (Å²) in [6.07, 6.45) is 1.21. The first-order valence-corrected chi connectivity index (χ1v) is 9.20. The van der Waals surface area contributed by atoms with Crippen LogP contribution in [0, 0.1) is 6.92 Å². The summed E-state index contributed by atoms with van der Waals surface area (Å²) in [5.74, 6) is -0.277. The minimum absolute atomic E-state index is 0.000867. The Balaban J connectivity index is 1.62. The predicted molar refractivity (Wildman–Crippen MR) is 110 cm³/mol. The Morgan fingerprint density at radius 2 is 1.74 bits per heavy atom. The summed E-state index contributed by atoms with van der Waals surface area (Å²) in [6.45, 7) is 8.27. The fourth-order valence-corrected chi connectivity index (χ4v) is 3.33. The van der Waals surface area contributed by atoms with Gasteiger partial charge in [-0.15, -0.1) is 0 Å². The average molecular weight is 384 g/mol. The Kier molecular flexibility index (Phi) is 5.81. The standard InChI is InChI=1S/C21H22ClN3O2/c1-3-20(26)23-17-9-7-16(8-10-17)21(27)25-13-11-24(12-14-25)19-6-4-5-18(22)15(19)2/h3-10H,1,11-14H2,2H3,(H,23,26). The molecule has 1 saturated heterocycles. The van der Waals surface area contributed by atoms with Crippen molar-refractivity contribution in [2.24, 2.45) is 0 Å². The second-order valence-electron chi connectivity index (χ2n) is 6.43. The number of hydrogen-bond acceptors (Lipinski definition) is 3. The molecule has 6 heteroatoms. The van der Waals surface area contributed by atoms with Crippen molar-refractivity contribution < 1.29 is 9.59 Å². The first-order chi connectivity index (χ1) is 13.0. The van der Waals surface area contributed by atoms with E-state index in [9.17, 15) is 9.59 Å². The summed E-state index contributed by atoms with van der Waals surface area (Å²) in [5, 5.41) is 3.43. The molecule has 3 rings (SSSR count). The molecule has 140 valence electrons. The van der Waals surface area contributed by atoms with Crippen LogP contribution in [0.1, 0.15) is 15.9 Å². The first kappa shape index (κ1) is 19.0. The zero-order valence-corrected chi connectivity index (χ0v) is 16.0. The Hall–Kier alpha value is -2.79. The molecule has 0 aliphatic carbocycles. The maximum Gasteiger partial charge on any atom is 0.253 e. The van der Waals surface area contributed by atoms with Gasteiger partial charge in [0, 0.05) is 48.1 Å². The van der Waals surface area contributed by atoms with Crippen molar-refractivity contribution in [1.82, 2.24) is 4.90 Å². The molecule has 1 heterocycles. The molecule has 27 heavy (non-hydrogen) atoms. The molecule has 1 aliphatic heterocycles. The molecule has 2 aromatic carbocycles. The first-order valence-electron chi connectivity index (χ1n) is 8.82. The van der Waals surface area contributed by atoms with Crippen molar-refractivity contribution in [3.8, 4) is 0 Å². The second-order valence-corrected chi connectivity index (χ2v) is 6.84. The lowest BCUT2D eigenvalue weighted by Gasteiger charge is -2.37. The lowest BCUT2D eigenvalue weighted by Crippen LogP contribution is -2.49. The van der Waals surface area contributed by atoms with Gasteiger partial charge in [-0.1, -0.05) is 24.2 Å². The van der Waals surface area contributed by atoms with Crippen LogP contribution in [0.15, 0.2) is 55.1 Å². The number of carbonyl (C=O) groups is 2. The number of nitrogens with zero attached hydrogens (tertiary/aromatic N) is 2. The van der Waals surface area contributed by atoms with Gasteiger partial charge in [0.25, 0.3) is 5.91 Å². The van der Waals surface area contributed by atoms with E-state index in [1.807, 2.05) is 24.0 Å². The molecular formula is C21H22ClN3O2. The largest absolute Gasteiger partial charge is 0.368 e. The third-order valence-corrected chi connectivity index (χ3v) is 5.14. The third kappa shape index (κ3) is 4.31. The fourth-order valence-electron chi connectivity index (χ4n) is 3.16. The van der Waals surface area contributed by atoms with Crippen LogP contribution in [0.2, 0.25) is 5.02 Å². The molecule has 5 nitrogen and oxygen atoms in total. The summed E-state index contributed by atoms with van der Waals surface area (Å²) in [4.78, 5) is 28.2. The van der Waals surface area contributed by atoms with Crippen molar-refractivity contribution in [1.29, 1.82) is 0 Å². The van der Waals surface area contributed by atoms with E-state index >= 15 is 0 Å². The van der Waals surface area contributed by atoms with E-state index in [4.69, 9.17) is 11.6 Å². The second kappa shape index (κ2) is 8.27. The van der Waals surface area contributed by atoms with Crippen LogP contribution >= 0.6 is 11.6 Å². The summed E-state index contributed by atoms with van der Waals surface area (Å²) in [6, 6.07) is 12.8. The van der Waals surface area contributed by atoms with Crippen LogP contribution in [-0.4, -0.2) is 42.9 Å².